The van der Waals surface area contributed by atoms with Gasteiger partial charge in [-0.05, 0) is 32.6 Å². The molecule has 0 spiro atoms. The fraction of sp³-hybridized carbons (Fsp3) is 0.857. The van der Waals surface area contributed by atoms with E-state index in [-0.39, 0.29) is 35.9 Å². The maximum absolute atomic E-state index is 11.9. The summed E-state index contributed by atoms with van der Waals surface area (Å²) < 4.78 is 10.2. The Morgan fingerprint density at radius 2 is 2.11 bits per heavy atom. The summed E-state index contributed by atoms with van der Waals surface area (Å²) in [5, 5.41) is 3.03. The molecular weight excluding hydrogens is 246 g/mol. The van der Waals surface area contributed by atoms with Gasteiger partial charge in [0.15, 0.2) is 0 Å². The molecule has 1 aliphatic heterocycles. The number of carbonyl (C=O) groups is 2. The highest BCUT2D eigenvalue weighted by molar-refractivity contribution is 5.77. The van der Waals surface area contributed by atoms with Gasteiger partial charge in [0.2, 0.25) is 5.91 Å². The summed E-state index contributed by atoms with van der Waals surface area (Å²) in [6.45, 7) is 6.62. The lowest BCUT2D eigenvalue weighted by Gasteiger charge is -2.35. The van der Waals surface area contributed by atoms with Crippen molar-refractivity contribution in [1.82, 2.24) is 5.32 Å². The van der Waals surface area contributed by atoms with Crippen molar-refractivity contribution in [3.05, 3.63) is 0 Å². The smallest absolute Gasteiger partial charge is 0.305 e. The summed E-state index contributed by atoms with van der Waals surface area (Å²) in [4.78, 5) is 23.0. The quantitative estimate of drug-likeness (QED) is 0.772. The van der Waals surface area contributed by atoms with Crippen LogP contribution < -0.4 is 5.32 Å². The molecule has 1 amide bonds. The Balaban J connectivity index is 2.32. The third-order valence-corrected chi connectivity index (χ3v) is 3.34. The van der Waals surface area contributed by atoms with E-state index in [1.54, 1.807) is 0 Å². The van der Waals surface area contributed by atoms with Gasteiger partial charge in [-0.15, -0.1) is 0 Å². The minimum Gasteiger partial charge on any atom is -0.469 e. The first-order chi connectivity index (χ1) is 8.82. The van der Waals surface area contributed by atoms with Gasteiger partial charge in [0, 0.05) is 25.5 Å². The highest BCUT2D eigenvalue weighted by atomic mass is 16.5. The number of hydrogen-bond donors (Lipinski definition) is 1. The van der Waals surface area contributed by atoms with Crippen LogP contribution in [0.1, 0.15) is 46.5 Å². The molecule has 0 aromatic carbocycles. The predicted molar refractivity (Wildman–Crippen MR) is 71.6 cm³/mol. The molecule has 0 aromatic rings. The molecule has 0 radical (unpaired) electrons. The molecule has 0 saturated carbocycles. The molecule has 2 atom stereocenters. The summed E-state index contributed by atoms with van der Waals surface area (Å²) in [5.74, 6) is -0.271. The zero-order valence-electron chi connectivity index (χ0n) is 12.3. The van der Waals surface area contributed by atoms with Gasteiger partial charge in [0.05, 0.1) is 12.7 Å². The first-order valence-electron chi connectivity index (χ1n) is 6.82. The van der Waals surface area contributed by atoms with Crippen LogP contribution in [-0.4, -0.2) is 37.2 Å². The van der Waals surface area contributed by atoms with Crippen LogP contribution in [0.3, 0.4) is 0 Å². The molecule has 19 heavy (non-hydrogen) atoms. The summed E-state index contributed by atoms with van der Waals surface area (Å²) in [6.07, 6.45) is 2.31. The highest BCUT2D eigenvalue weighted by Gasteiger charge is 2.29. The van der Waals surface area contributed by atoms with Gasteiger partial charge < -0.3 is 14.8 Å². The van der Waals surface area contributed by atoms with E-state index in [9.17, 15) is 9.59 Å². The van der Waals surface area contributed by atoms with E-state index in [2.05, 4.69) is 10.1 Å². The number of ether oxygens (including phenoxy) is 2. The van der Waals surface area contributed by atoms with Gasteiger partial charge in [0.25, 0.3) is 0 Å². The fourth-order valence-corrected chi connectivity index (χ4v) is 2.40. The average molecular weight is 271 g/mol. The zero-order chi connectivity index (χ0) is 14.5. The number of carbonyl (C=O) groups excluding carboxylic acids is 2. The van der Waals surface area contributed by atoms with Gasteiger partial charge in [-0.1, -0.05) is 6.92 Å². The molecule has 5 heteroatoms. The summed E-state index contributed by atoms with van der Waals surface area (Å²) in [6, 6.07) is 0.168. The predicted octanol–water partition coefficient (Wildman–Crippen LogP) is 1.65. The normalized spacial score (nSPS) is 23.5. The molecule has 0 aromatic heterocycles. The zero-order valence-corrected chi connectivity index (χ0v) is 12.3. The van der Waals surface area contributed by atoms with Crippen LogP contribution in [0.4, 0.5) is 0 Å². The maximum atomic E-state index is 11.9. The molecule has 0 unspecified atom stereocenters. The van der Waals surface area contributed by atoms with Gasteiger partial charge in [0.1, 0.15) is 0 Å². The van der Waals surface area contributed by atoms with Crippen LogP contribution >= 0.6 is 0 Å². The Bertz CT molecular complexity index is 327. The lowest BCUT2D eigenvalue weighted by Crippen LogP contribution is -2.46. The van der Waals surface area contributed by atoms with Crippen LogP contribution in [0.5, 0.6) is 0 Å². The topological polar surface area (TPSA) is 64.6 Å². The summed E-state index contributed by atoms with van der Waals surface area (Å²) in [7, 11) is 1.36. The van der Waals surface area contributed by atoms with Crippen molar-refractivity contribution < 1.29 is 19.1 Å². The van der Waals surface area contributed by atoms with Crippen LogP contribution in [-0.2, 0) is 19.1 Å². The maximum Gasteiger partial charge on any atom is 0.305 e. The number of hydrogen-bond acceptors (Lipinski definition) is 4. The van der Waals surface area contributed by atoms with Crippen LogP contribution in [0.15, 0.2) is 0 Å². The number of methoxy groups -OCH3 is 1. The number of rotatable bonds is 5. The standard InChI is InChI=1S/C14H25NO4/c1-10(8-13(17)18-4)7-12(16)15-11-5-6-19-14(2,3)9-11/h10-11H,5-9H2,1-4H3,(H,15,16)/t10-,11+/m0/s1. The summed E-state index contributed by atoms with van der Waals surface area (Å²) in [5.41, 5.74) is -0.173. The minimum atomic E-state index is -0.271. The Labute approximate surface area is 115 Å². The van der Waals surface area contributed by atoms with Gasteiger partial charge in [-0.3, -0.25) is 9.59 Å². The van der Waals surface area contributed by atoms with Crippen molar-refractivity contribution in [2.24, 2.45) is 5.92 Å². The largest absolute Gasteiger partial charge is 0.469 e. The average Bonchev–Trinajstić information content (AvgIpc) is 2.26. The third-order valence-electron chi connectivity index (χ3n) is 3.34. The molecular formula is C14H25NO4. The van der Waals surface area contributed by atoms with Crippen molar-refractivity contribution in [3.63, 3.8) is 0 Å². The highest BCUT2D eigenvalue weighted by Crippen LogP contribution is 2.24. The molecule has 1 heterocycles. The van der Waals surface area contributed by atoms with E-state index >= 15 is 0 Å². The van der Waals surface area contributed by atoms with E-state index in [1.807, 2.05) is 20.8 Å². The number of nitrogens with one attached hydrogen (secondary N) is 1. The Morgan fingerprint density at radius 1 is 1.42 bits per heavy atom. The van der Waals surface area contributed by atoms with Crippen molar-refractivity contribution in [1.29, 1.82) is 0 Å². The molecule has 110 valence electrons. The van der Waals surface area contributed by atoms with E-state index in [0.717, 1.165) is 12.8 Å². The Morgan fingerprint density at radius 3 is 2.68 bits per heavy atom. The second kappa shape index (κ2) is 6.89. The molecule has 5 nitrogen and oxygen atoms in total. The van der Waals surface area contributed by atoms with Gasteiger partial charge >= 0.3 is 5.97 Å². The molecule has 0 aliphatic carbocycles. The second-order valence-electron chi connectivity index (χ2n) is 5.95. The van der Waals surface area contributed by atoms with E-state index in [4.69, 9.17) is 4.74 Å². The molecule has 1 fully saturated rings. The Hall–Kier alpha value is -1.10. The van der Waals surface area contributed by atoms with Crippen molar-refractivity contribution in [2.45, 2.75) is 58.1 Å². The monoisotopic (exact) mass is 271 g/mol. The summed E-state index contributed by atoms with van der Waals surface area (Å²) >= 11 is 0. The van der Waals surface area contributed by atoms with Crippen molar-refractivity contribution in [3.8, 4) is 0 Å². The molecule has 1 aliphatic rings. The lowest BCUT2D eigenvalue weighted by molar-refractivity contribution is -0.141. The fourth-order valence-electron chi connectivity index (χ4n) is 2.40. The molecule has 0 bridgehead atoms. The van der Waals surface area contributed by atoms with Crippen LogP contribution in [0.2, 0.25) is 0 Å². The van der Waals surface area contributed by atoms with Gasteiger partial charge in [-0.2, -0.15) is 0 Å². The second-order valence-corrected chi connectivity index (χ2v) is 5.95. The SMILES string of the molecule is COC(=O)C[C@@H](C)CC(=O)N[C@@H]1CCOC(C)(C)C1. The van der Waals surface area contributed by atoms with E-state index < -0.39 is 0 Å². The van der Waals surface area contributed by atoms with E-state index in [1.165, 1.54) is 7.11 Å². The van der Waals surface area contributed by atoms with Crippen LogP contribution in [0.25, 0.3) is 0 Å². The van der Waals surface area contributed by atoms with Gasteiger partial charge in [-0.25, -0.2) is 0 Å². The first-order valence-corrected chi connectivity index (χ1v) is 6.82. The first kappa shape index (κ1) is 16.0. The number of esters is 1. The van der Waals surface area contributed by atoms with Crippen molar-refractivity contribution >= 4 is 11.9 Å². The third kappa shape index (κ3) is 6.05. The van der Waals surface area contributed by atoms with Crippen LogP contribution in [0, 0.1) is 5.92 Å². The van der Waals surface area contributed by atoms with Crippen molar-refractivity contribution in [2.75, 3.05) is 13.7 Å². The van der Waals surface area contributed by atoms with E-state index in [0.29, 0.717) is 13.0 Å². The molecule has 1 rings (SSSR count). The molecule has 1 saturated heterocycles. The molecule has 1 N–H and O–H groups in total. The Kier molecular flexibility index (Phi) is 5.79. The minimum absolute atomic E-state index is 0.000278. The number of amides is 1. The lowest BCUT2D eigenvalue weighted by atomic mass is 9.93.